The zero-order valence-electron chi connectivity index (χ0n) is 24.6. The molecule has 0 bridgehead atoms. The maximum absolute atomic E-state index is 9.12. The first-order valence-corrected chi connectivity index (χ1v) is 15.5. The minimum absolute atomic E-state index is 0.149. The van der Waals surface area contributed by atoms with E-state index in [4.69, 9.17) is 36.1 Å². The molecule has 5 aromatic rings. The minimum Gasteiger partial charge on any atom is -0.443 e. The van der Waals surface area contributed by atoms with Crippen LogP contribution in [0.5, 0.6) is 11.5 Å². The van der Waals surface area contributed by atoms with E-state index < -0.39 is 5.79 Å². The molecule has 2 fully saturated rings. The van der Waals surface area contributed by atoms with Crippen LogP contribution in [-0.4, -0.2) is 65.4 Å². The van der Waals surface area contributed by atoms with E-state index >= 15 is 0 Å². The van der Waals surface area contributed by atoms with Gasteiger partial charge in [-0.3, -0.25) is 14.9 Å². The Morgan fingerprint density at radius 3 is 2.69 bits per heavy atom. The molecule has 8 rings (SSSR count). The lowest BCUT2D eigenvalue weighted by Crippen LogP contribution is -2.35. The van der Waals surface area contributed by atoms with Crippen LogP contribution in [0, 0.1) is 11.3 Å². The van der Waals surface area contributed by atoms with Crippen LogP contribution in [0.4, 0.5) is 0 Å². The van der Waals surface area contributed by atoms with Crippen molar-refractivity contribution in [1.29, 1.82) is 5.26 Å². The van der Waals surface area contributed by atoms with Gasteiger partial charge in [-0.05, 0) is 62.5 Å². The smallest absolute Gasteiger partial charge is 0.292 e. The average Bonchev–Trinajstić information content (AvgIpc) is 3.74. The minimum atomic E-state index is -1.01. The lowest BCUT2D eigenvalue weighted by atomic mass is 9.88. The fraction of sp³-hybridized carbons (Fsp3) is 0.375. The number of para-hydroxylation sites is 1. The molecule has 1 N–H and O–H groups in total. The van der Waals surface area contributed by atoms with Crippen LogP contribution in [-0.2, 0) is 23.6 Å². The predicted octanol–water partition coefficient (Wildman–Crippen LogP) is 4.95. The maximum Gasteiger partial charge on any atom is 0.292 e. The standard InChI is InChI=1S/C32H30ClN9O3/c1-32(27-6-5-20(33)15-36-27)44-26-4-2-3-22(30(26)45-32)19-7-10-41(11-8-19)18-29-37-23-13-24(31-38-28(14-34)39-40-31)35-16-25(23)42(29)17-21-9-12-43-21/h2-6,13,15-16,19,21H,7-12,17-18H2,1H3,(H,38,39,40). The number of likely N-dealkylation sites (tertiary alicyclic amines) is 1. The van der Waals surface area contributed by atoms with Crippen molar-refractivity contribution in [2.24, 2.45) is 0 Å². The van der Waals surface area contributed by atoms with Crippen LogP contribution in [0.3, 0.4) is 0 Å². The maximum atomic E-state index is 9.12. The number of ether oxygens (including phenoxy) is 3. The van der Waals surface area contributed by atoms with Gasteiger partial charge in [-0.25, -0.2) is 4.98 Å². The van der Waals surface area contributed by atoms with E-state index in [0.29, 0.717) is 28.2 Å². The lowest BCUT2D eigenvalue weighted by Gasteiger charge is -2.33. The number of aromatic amines is 1. The molecule has 228 valence electrons. The second-order valence-electron chi connectivity index (χ2n) is 11.8. The fourth-order valence-electron chi connectivity index (χ4n) is 6.41. The zero-order valence-corrected chi connectivity index (χ0v) is 25.4. The monoisotopic (exact) mass is 623 g/mol. The summed E-state index contributed by atoms with van der Waals surface area (Å²) in [5.74, 6) is 2.45. The Balaban J connectivity index is 0.997. The van der Waals surface area contributed by atoms with E-state index in [-0.39, 0.29) is 11.9 Å². The summed E-state index contributed by atoms with van der Waals surface area (Å²) in [5, 5.41) is 17.6. The van der Waals surface area contributed by atoms with Crippen LogP contribution < -0.4 is 9.47 Å². The van der Waals surface area contributed by atoms with Gasteiger partial charge in [-0.1, -0.05) is 23.7 Å². The van der Waals surface area contributed by atoms with Crippen molar-refractivity contribution in [3.63, 3.8) is 0 Å². The van der Waals surface area contributed by atoms with Crippen molar-refractivity contribution in [3.05, 3.63) is 76.7 Å². The number of nitrogens with zero attached hydrogens (tertiary/aromatic N) is 8. The highest BCUT2D eigenvalue weighted by Crippen LogP contribution is 2.49. The highest BCUT2D eigenvalue weighted by molar-refractivity contribution is 6.30. The Morgan fingerprint density at radius 1 is 1.09 bits per heavy atom. The van der Waals surface area contributed by atoms with Gasteiger partial charge in [0.15, 0.2) is 17.3 Å². The Bertz CT molecular complexity index is 1920. The van der Waals surface area contributed by atoms with Gasteiger partial charge in [0.05, 0.1) is 41.4 Å². The van der Waals surface area contributed by atoms with Crippen LogP contribution in [0.25, 0.3) is 22.6 Å². The number of nitrogens with one attached hydrogen (secondary N) is 1. The molecule has 4 aromatic heterocycles. The molecule has 0 spiro atoms. The number of aromatic nitrogens is 7. The number of hydrogen-bond donors (Lipinski definition) is 1. The molecule has 2 saturated heterocycles. The van der Waals surface area contributed by atoms with Crippen LogP contribution >= 0.6 is 11.6 Å². The normalized spacial score (nSPS) is 21.6. The predicted molar refractivity (Wildman–Crippen MR) is 164 cm³/mol. The van der Waals surface area contributed by atoms with Gasteiger partial charge >= 0.3 is 0 Å². The van der Waals surface area contributed by atoms with E-state index in [2.05, 4.69) is 40.7 Å². The summed E-state index contributed by atoms with van der Waals surface area (Å²) >= 11 is 6.06. The molecule has 0 amide bonds. The van der Waals surface area contributed by atoms with Gasteiger partial charge in [-0.2, -0.15) is 5.26 Å². The third-order valence-corrected chi connectivity index (χ3v) is 9.15. The number of halogens is 1. The number of benzene rings is 1. The van der Waals surface area contributed by atoms with Crippen molar-refractivity contribution in [3.8, 4) is 29.1 Å². The van der Waals surface area contributed by atoms with Crippen molar-refractivity contribution < 1.29 is 14.2 Å². The topological polar surface area (TPSA) is 140 Å². The number of H-pyrrole nitrogens is 1. The molecule has 12 nitrogen and oxygen atoms in total. The molecule has 0 aliphatic carbocycles. The number of rotatable bonds is 7. The second-order valence-corrected chi connectivity index (χ2v) is 12.3. The number of pyridine rings is 2. The van der Waals surface area contributed by atoms with Gasteiger partial charge in [0.2, 0.25) is 5.82 Å². The average molecular weight is 624 g/mol. The highest BCUT2D eigenvalue weighted by Gasteiger charge is 2.42. The first kappa shape index (κ1) is 27.9. The largest absolute Gasteiger partial charge is 0.443 e. The molecule has 3 aliphatic rings. The Morgan fingerprint density at radius 2 is 1.96 bits per heavy atom. The molecule has 2 unspecified atom stereocenters. The number of fused-ring (bicyclic) bond motifs is 2. The summed E-state index contributed by atoms with van der Waals surface area (Å²) in [6.07, 6.45) is 6.62. The van der Waals surface area contributed by atoms with E-state index in [9.17, 15) is 0 Å². The van der Waals surface area contributed by atoms with Crippen LogP contribution in [0.2, 0.25) is 5.02 Å². The number of nitriles is 1. The molecule has 13 heteroatoms. The quantitative estimate of drug-likeness (QED) is 0.265. The summed E-state index contributed by atoms with van der Waals surface area (Å²) in [6, 6.07) is 13.7. The van der Waals surface area contributed by atoms with Gasteiger partial charge < -0.3 is 23.8 Å². The number of piperidine rings is 1. The van der Waals surface area contributed by atoms with E-state index in [1.807, 2.05) is 43.5 Å². The summed E-state index contributed by atoms with van der Waals surface area (Å²) in [7, 11) is 0. The highest BCUT2D eigenvalue weighted by atomic mass is 35.5. The number of imidazole rings is 1. The molecule has 2 atom stereocenters. The van der Waals surface area contributed by atoms with Gasteiger partial charge in [0.1, 0.15) is 23.3 Å². The van der Waals surface area contributed by atoms with Crippen molar-refractivity contribution in [1.82, 2.24) is 39.6 Å². The van der Waals surface area contributed by atoms with Crippen molar-refractivity contribution in [2.45, 2.75) is 57.1 Å². The molecule has 3 aliphatic heterocycles. The first-order chi connectivity index (χ1) is 22.0. The summed E-state index contributed by atoms with van der Waals surface area (Å²) in [5.41, 5.74) is 4.22. The van der Waals surface area contributed by atoms with Gasteiger partial charge in [-0.15, -0.1) is 10.2 Å². The Hall–Kier alpha value is -4.57. The SMILES string of the molecule is CC1(c2ccc(Cl)cn2)Oc2cccc(C3CCN(Cc4nc5cc(-c6nnc(C#N)[nH]6)ncc5n4CC4CCO4)CC3)c2O1. The zero-order chi connectivity index (χ0) is 30.5. The fourth-order valence-corrected chi connectivity index (χ4v) is 6.52. The van der Waals surface area contributed by atoms with E-state index in [1.165, 1.54) is 5.56 Å². The van der Waals surface area contributed by atoms with Crippen LogP contribution in [0.1, 0.15) is 55.0 Å². The summed E-state index contributed by atoms with van der Waals surface area (Å²) in [4.78, 5) is 19.5. The number of hydrogen-bond acceptors (Lipinski definition) is 10. The molecular formula is C32H30ClN9O3. The molecular weight excluding hydrogens is 594 g/mol. The Kier molecular flexibility index (Phi) is 6.89. The molecule has 0 radical (unpaired) electrons. The molecule has 1 aromatic carbocycles. The summed E-state index contributed by atoms with van der Waals surface area (Å²) in [6.45, 7) is 5.99. The van der Waals surface area contributed by atoms with E-state index in [1.54, 1.807) is 12.3 Å². The molecule has 45 heavy (non-hydrogen) atoms. The molecule has 7 heterocycles. The van der Waals surface area contributed by atoms with Gasteiger partial charge in [0.25, 0.3) is 5.79 Å². The van der Waals surface area contributed by atoms with Gasteiger partial charge in [0, 0.05) is 25.3 Å². The second kappa shape index (κ2) is 11.1. The summed E-state index contributed by atoms with van der Waals surface area (Å²) < 4.78 is 20.8. The molecule has 0 saturated carbocycles. The first-order valence-electron chi connectivity index (χ1n) is 15.1. The van der Waals surface area contributed by atoms with Crippen LogP contribution in [0.15, 0.2) is 48.8 Å². The Labute approximate surface area is 264 Å². The van der Waals surface area contributed by atoms with E-state index in [0.717, 1.165) is 80.4 Å². The third-order valence-electron chi connectivity index (χ3n) is 8.92. The lowest BCUT2D eigenvalue weighted by molar-refractivity contribution is -0.0722. The van der Waals surface area contributed by atoms with Crippen molar-refractivity contribution in [2.75, 3.05) is 19.7 Å². The third kappa shape index (κ3) is 5.16. The van der Waals surface area contributed by atoms with Crippen molar-refractivity contribution >= 4 is 22.6 Å².